The molecule has 0 aliphatic rings. The highest BCUT2D eigenvalue weighted by atomic mass is 32.1. The van der Waals surface area contributed by atoms with E-state index in [1.165, 1.54) is 11.1 Å². The fourth-order valence-corrected chi connectivity index (χ4v) is 2.52. The summed E-state index contributed by atoms with van der Waals surface area (Å²) in [5, 5.41) is 14.0. The second-order valence-corrected chi connectivity index (χ2v) is 5.28. The van der Waals surface area contributed by atoms with E-state index in [4.69, 9.17) is 0 Å². The summed E-state index contributed by atoms with van der Waals surface area (Å²) < 4.78 is 0. The number of aromatic nitrogens is 1. The van der Waals surface area contributed by atoms with Crippen LogP contribution in [-0.2, 0) is 0 Å². The lowest BCUT2D eigenvalue weighted by molar-refractivity contribution is -0.384. The molecule has 0 aliphatic carbocycles. The fourth-order valence-electron chi connectivity index (χ4n) is 1.64. The highest BCUT2D eigenvalue weighted by Gasteiger charge is 2.16. The lowest BCUT2D eigenvalue weighted by atomic mass is 10.2. The summed E-state index contributed by atoms with van der Waals surface area (Å²) in [4.78, 5) is 16.6. The first-order valence-electron chi connectivity index (χ1n) is 5.49. The number of anilines is 1. The molecule has 1 unspecified atom stereocenters. The van der Waals surface area contributed by atoms with E-state index in [2.05, 4.69) is 10.3 Å². The number of pyridine rings is 1. The second-order valence-electron chi connectivity index (χ2n) is 3.96. The number of aryl methyl sites for hydroxylation is 1. The maximum Gasteiger partial charge on any atom is 0.310 e. The third kappa shape index (κ3) is 2.65. The highest BCUT2D eigenvalue weighted by Crippen LogP contribution is 2.29. The Hall–Kier alpha value is -1.95. The van der Waals surface area contributed by atoms with E-state index in [1.807, 2.05) is 26.0 Å². The minimum Gasteiger partial charge on any atom is -0.372 e. The van der Waals surface area contributed by atoms with E-state index < -0.39 is 4.92 Å². The Balaban J connectivity index is 2.21. The van der Waals surface area contributed by atoms with Crippen LogP contribution in [0.1, 0.15) is 22.7 Å². The molecule has 0 bridgehead atoms. The van der Waals surface area contributed by atoms with Gasteiger partial charge >= 0.3 is 5.69 Å². The van der Waals surface area contributed by atoms with Crippen molar-refractivity contribution >= 4 is 22.7 Å². The quantitative estimate of drug-likeness (QED) is 0.676. The average Bonchev–Trinajstić information content (AvgIpc) is 2.76. The first kappa shape index (κ1) is 12.5. The van der Waals surface area contributed by atoms with Gasteiger partial charge in [0.05, 0.1) is 11.0 Å². The molecule has 2 rings (SSSR count). The Bertz CT molecular complexity index is 568. The van der Waals surface area contributed by atoms with E-state index in [1.54, 1.807) is 23.6 Å². The van der Waals surface area contributed by atoms with Gasteiger partial charge in [-0.3, -0.25) is 15.1 Å². The first-order valence-corrected chi connectivity index (χ1v) is 6.31. The van der Waals surface area contributed by atoms with Crippen LogP contribution in [0.25, 0.3) is 0 Å². The average molecular weight is 263 g/mol. The third-order valence-electron chi connectivity index (χ3n) is 2.56. The van der Waals surface area contributed by atoms with Gasteiger partial charge in [0.15, 0.2) is 0 Å². The minimum absolute atomic E-state index is 0.00220. The zero-order chi connectivity index (χ0) is 13.1. The van der Waals surface area contributed by atoms with Crippen molar-refractivity contribution in [2.45, 2.75) is 19.9 Å². The zero-order valence-corrected chi connectivity index (χ0v) is 10.9. The van der Waals surface area contributed by atoms with Crippen molar-refractivity contribution < 1.29 is 4.92 Å². The van der Waals surface area contributed by atoms with Crippen LogP contribution < -0.4 is 5.32 Å². The fraction of sp³-hybridized carbons (Fsp3) is 0.250. The Labute approximate surface area is 109 Å². The van der Waals surface area contributed by atoms with Crippen LogP contribution in [-0.4, -0.2) is 9.91 Å². The Morgan fingerprint density at radius 2 is 2.22 bits per heavy atom. The van der Waals surface area contributed by atoms with E-state index in [9.17, 15) is 10.1 Å². The van der Waals surface area contributed by atoms with Crippen molar-refractivity contribution in [3.05, 3.63) is 50.5 Å². The molecule has 18 heavy (non-hydrogen) atoms. The van der Waals surface area contributed by atoms with Gasteiger partial charge in [-0.1, -0.05) is 0 Å². The molecular formula is C12H13N3O2S. The summed E-state index contributed by atoms with van der Waals surface area (Å²) in [5.41, 5.74) is 0.492. The lowest BCUT2D eigenvalue weighted by Crippen LogP contribution is -2.07. The molecule has 0 saturated heterocycles. The maximum absolute atomic E-state index is 10.9. The zero-order valence-electron chi connectivity index (χ0n) is 10.1. The van der Waals surface area contributed by atoms with Crippen LogP contribution in [0, 0.1) is 17.0 Å². The predicted octanol–water partition coefficient (Wildman–Crippen LogP) is 3.53. The number of nitrogens with one attached hydrogen (secondary N) is 1. The number of thiophene rings is 1. The number of hydrogen-bond donors (Lipinski definition) is 1. The molecule has 0 amide bonds. The van der Waals surface area contributed by atoms with E-state index in [-0.39, 0.29) is 11.7 Å². The van der Waals surface area contributed by atoms with Gasteiger partial charge in [0.1, 0.15) is 11.9 Å². The molecule has 0 aliphatic heterocycles. The molecule has 2 aromatic heterocycles. The van der Waals surface area contributed by atoms with Crippen molar-refractivity contribution in [2.75, 3.05) is 5.32 Å². The summed E-state index contributed by atoms with van der Waals surface area (Å²) in [6.45, 7) is 4.02. The maximum atomic E-state index is 10.9. The van der Waals surface area contributed by atoms with Crippen LogP contribution in [0.15, 0.2) is 30.6 Å². The summed E-state index contributed by atoms with van der Waals surface area (Å²) in [5.74, 6) is 0. The lowest BCUT2D eigenvalue weighted by Gasteiger charge is -2.13. The van der Waals surface area contributed by atoms with Gasteiger partial charge < -0.3 is 5.32 Å². The van der Waals surface area contributed by atoms with Gasteiger partial charge in [-0.2, -0.15) is 0 Å². The molecule has 1 atom stereocenters. The molecule has 0 radical (unpaired) electrons. The van der Waals surface area contributed by atoms with Crippen LogP contribution in [0.5, 0.6) is 0 Å². The standard InChI is InChI=1S/C12H13N3O2S/c1-8-3-4-12(18-8)9(2)14-10-5-6-13-7-11(10)15(16)17/h3-7,9H,1-2H3,(H,13,14). The second kappa shape index (κ2) is 5.14. The minimum atomic E-state index is -0.429. The predicted molar refractivity (Wildman–Crippen MR) is 72.0 cm³/mol. The molecule has 5 nitrogen and oxygen atoms in total. The molecule has 1 N–H and O–H groups in total. The van der Waals surface area contributed by atoms with Crippen LogP contribution in [0.3, 0.4) is 0 Å². The Kier molecular flexibility index (Phi) is 3.57. The van der Waals surface area contributed by atoms with E-state index >= 15 is 0 Å². The molecule has 2 aromatic rings. The summed E-state index contributed by atoms with van der Waals surface area (Å²) in [7, 11) is 0. The van der Waals surface area contributed by atoms with E-state index in [0.29, 0.717) is 5.69 Å². The van der Waals surface area contributed by atoms with Crippen LogP contribution in [0.4, 0.5) is 11.4 Å². The number of hydrogen-bond acceptors (Lipinski definition) is 5. The van der Waals surface area contributed by atoms with Gasteiger partial charge in [-0.05, 0) is 32.0 Å². The van der Waals surface area contributed by atoms with Crippen molar-refractivity contribution in [3.63, 3.8) is 0 Å². The topological polar surface area (TPSA) is 68.1 Å². The van der Waals surface area contributed by atoms with Gasteiger partial charge in [0, 0.05) is 16.0 Å². The van der Waals surface area contributed by atoms with Gasteiger partial charge in [0.2, 0.25) is 0 Å². The van der Waals surface area contributed by atoms with Crippen molar-refractivity contribution in [2.24, 2.45) is 0 Å². The largest absolute Gasteiger partial charge is 0.372 e. The Morgan fingerprint density at radius 3 is 2.83 bits per heavy atom. The highest BCUT2D eigenvalue weighted by molar-refractivity contribution is 7.12. The van der Waals surface area contributed by atoms with Crippen LogP contribution >= 0.6 is 11.3 Å². The molecule has 94 valence electrons. The first-order chi connectivity index (χ1) is 8.58. The Morgan fingerprint density at radius 1 is 1.44 bits per heavy atom. The number of rotatable bonds is 4. The molecular weight excluding hydrogens is 250 g/mol. The summed E-state index contributed by atoms with van der Waals surface area (Å²) in [6, 6.07) is 5.73. The number of nitro groups is 1. The summed E-state index contributed by atoms with van der Waals surface area (Å²) in [6.07, 6.45) is 2.80. The van der Waals surface area contributed by atoms with Gasteiger partial charge in [-0.25, -0.2) is 0 Å². The normalized spacial score (nSPS) is 12.1. The molecule has 0 spiro atoms. The van der Waals surface area contributed by atoms with Crippen molar-refractivity contribution in [1.29, 1.82) is 0 Å². The monoisotopic (exact) mass is 263 g/mol. The number of nitrogens with zero attached hydrogens (tertiary/aromatic N) is 2. The molecule has 2 heterocycles. The molecule has 0 fully saturated rings. The summed E-state index contributed by atoms with van der Waals surface area (Å²) >= 11 is 1.68. The molecule has 6 heteroatoms. The van der Waals surface area contributed by atoms with Crippen molar-refractivity contribution in [3.8, 4) is 0 Å². The van der Waals surface area contributed by atoms with Crippen molar-refractivity contribution in [1.82, 2.24) is 4.98 Å². The van der Waals surface area contributed by atoms with Crippen LogP contribution in [0.2, 0.25) is 0 Å². The van der Waals surface area contributed by atoms with E-state index in [0.717, 1.165) is 4.88 Å². The van der Waals surface area contributed by atoms with Gasteiger partial charge in [-0.15, -0.1) is 11.3 Å². The molecule has 0 saturated carbocycles. The smallest absolute Gasteiger partial charge is 0.310 e. The van der Waals surface area contributed by atoms with Gasteiger partial charge in [0.25, 0.3) is 0 Å². The third-order valence-corrected chi connectivity index (χ3v) is 3.74. The SMILES string of the molecule is Cc1ccc(C(C)Nc2ccncc2[N+](=O)[O-])s1. The molecule has 0 aromatic carbocycles.